The van der Waals surface area contributed by atoms with E-state index in [2.05, 4.69) is 130 Å². The Balaban J connectivity index is 1.54. The summed E-state index contributed by atoms with van der Waals surface area (Å²) in [5.74, 6) is 0. The van der Waals surface area contributed by atoms with E-state index in [4.69, 9.17) is 10.7 Å². The Kier molecular flexibility index (Phi) is 5.61. The van der Waals surface area contributed by atoms with Gasteiger partial charge in [0.25, 0.3) is 0 Å². The van der Waals surface area contributed by atoms with Crippen molar-refractivity contribution in [3.63, 3.8) is 0 Å². The maximum absolute atomic E-state index is 6.88. The summed E-state index contributed by atoms with van der Waals surface area (Å²) in [4.78, 5) is 5.11. The Morgan fingerprint density at radius 2 is 1.55 bits per heavy atom. The molecule has 0 fully saturated rings. The van der Waals surface area contributed by atoms with E-state index in [1.54, 1.807) is 0 Å². The molecule has 2 N–H and O–H groups in total. The van der Waals surface area contributed by atoms with Crippen LogP contribution < -0.4 is 5.73 Å². The molecular formula is C38H32N2. The highest BCUT2D eigenvalue weighted by Crippen LogP contribution is 2.43. The fourth-order valence-corrected chi connectivity index (χ4v) is 5.96. The molecule has 0 unspecified atom stereocenters. The van der Waals surface area contributed by atoms with Crippen LogP contribution in [0.15, 0.2) is 121 Å². The molecule has 0 amide bonds. The van der Waals surface area contributed by atoms with Crippen LogP contribution in [0, 0.1) is 0 Å². The Morgan fingerprint density at radius 1 is 0.800 bits per heavy atom. The molecule has 0 aliphatic heterocycles. The molecule has 1 heterocycles. The second-order valence-electron chi connectivity index (χ2n) is 11.9. The van der Waals surface area contributed by atoms with Crippen molar-refractivity contribution in [1.29, 1.82) is 0 Å². The molecule has 194 valence electrons. The summed E-state index contributed by atoms with van der Waals surface area (Å²) in [5, 5.41) is 8.58. The Morgan fingerprint density at radius 3 is 2.30 bits per heavy atom. The summed E-state index contributed by atoms with van der Waals surface area (Å²) in [5.41, 5.74) is 14.4. The third-order valence-electron chi connectivity index (χ3n) is 8.16. The number of rotatable bonds is 3. The maximum Gasteiger partial charge on any atom is 0.0716 e. The van der Waals surface area contributed by atoms with Gasteiger partial charge in [-0.3, -0.25) is 0 Å². The van der Waals surface area contributed by atoms with E-state index in [0.717, 1.165) is 39.8 Å². The van der Waals surface area contributed by atoms with Crippen molar-refractivity contribution in [3.05, 3.63) is 132 Å². The number of nitrogens with zero attached hydrogens (tertiary/aromatic N) is 1. The highest BCUT2D eigenvalue weighted by Gasteiger charge is 2.20. The van der Waals surface area contributed by atoms with Crippen molar-refractivity contribution >= 4 is 48.9 Å². The van der Waals surface area contributed by atoms with Crippen LogP contribution in [0.3, 0.4) is 0 Å². The van der Waals surface area contributed by atoms with Gasteiger partial charge in [-0.2, -0.15) is 0 Å². The molecule has 1 aromatic heterocycles. The number of allylic oxidation sites excluding steroid dienone is 7. The number of para-hydroxylation sites is 1. The second kappa shape index (κ2) is 9.20. The summed E-state index contributed by atoms with van der Waals surface area (Å²) < 4.78 is 0. The van der Waals surface area contributed by atoms with Crippen LogP contribution in [0.5, 0.6) is 0 Å². The maximum atomic E-state index is 6.88. The standard InChI is InChI=1S/C38H32N2/c1-38(2,3)28-21-26-14-17-29-31(33(39)19-13-24-9-5-4-6-10-24)23-32(30-18-15-27(22-28)36(26)37(29)30)35-20-16-25-11-7-8-12-34(25)40-35/h4-9,11-23H,10,39H2,1-3H3/b24-13-,33-19-. The van der Waals surface area contributed by atoms with Gasteiger partial charge in [0.1, 0.15) is 0 Å². The van der Waals surface area contributed by atoms with Gasteiger partial charge in [0.05, 0.1) is 11.2 Å². The minimum atomic E-state index is 0.0687. The summed E-state index contributed by atoms with van der Waals surface area (Å²) >= 11 is 0. The molecule has 1 aliphatic rings. The normalized spacial score (nSPS) is 15.4. The highest BCUT2D eigenvalue weighted by molar-refractivity contribution is 6.27. The molecule has 7 rings (SSSR count). The smallest absolute Gasteiger partial charge is 0.0716 e. The molecule has 40 heavy (non-hydrogen) atoms. The molecule has 0 spiro atoms. The van der Waals surface area contributed by atoms with Crippen LogP contribution in [0.1, 0.15) is 38.3 Å². The minimum absolute atomic E-state index is 0.0687. The molecule has 0 saturated heterocycles. The first kappa shape index (κ1) is 24.4. The van der Waals surface area contributed by atoms with Gasteiger partial charge in [-0.15, -0.1) is 0 Å². The lowest BCUT2D eigenvalue weighted by molar-refractivity contribution is 0.591. The van der Waals surface area contributed by atoms with E-state index in [1.165, 1.54) is 43.5 Å². The van der Waals surface area contributed by atoms with E-state index in [1.807, 2.05) is 6.07 Å². The van der Waals surface area contributed by atoms with E-state index in [-0.39, 0.29) is 5.41 Å². The fourth-order valence-electron chi connectivity index (χ4n) is 5.96. The average molecular weight is 517 g/mol. The van der Waals surface area contributed by atoms with Gasteiger partial charge >= 0.3 is 0 Å². The van der Waals surface area contributed by atoms with Crippen LogP contribution in [0.2, 0.25) is 0 Å². The zero-order valence-corrected chi connectivity index (χ0v) is 23.2. The first-order valence-electron chi connectivity index (χ1n) is 14.0. The van der Waals surface area contributed by atoms with Gasteiger partial charge in [0.15, 0.2) is 0 Å². The van der Waals surface area contributed by atoms with Crippen LogP contribution >= 0.6 is 0 Å². The molecule has 5 aromatic carbocycles. The largest absolute Gasteiger partial charge is 0.398 e. The number of nitrogens with two attached hydrogens (primary N) is 1. The minimum Gasteiger partial charge on any atom is -0.398 e. The topological polar surface area (TPSA) is 38.9 Å². The Hall–Kier alpha value is -4.69. The van der Waals surface area contributed by atoms with E-state index in [9.17, 15) is 0 Å². The Labute approximate surface area is 235 Å². The lowest BCUT2D eigenvalue weighted by atomic mass is 9.82. The molecule has 0 radical (unpaired) electrons. The van der Waals surface area contributed by atoms with Crippen molar-refractivity contribution in [3.8, 4) is 11.3 Å². The third-order valence-corrected chi connectivity index (χ3v) is 8.16. The zero-order valence-electron chi connectivity index (χ0n) is 23.2. The van der Waals surface area contributed by atoms with Crippen LogP contribution in [0.25, 0.3) is 60.2 Å². The number of hydrogen-bond donors (Lipinski definition) is 1. The van der Waals surface area contributed by atoms with Gasteiger partial charge < -0.3 is 5.73 Å². The second-order valence-corrected chi connectivity index (χ2v) is 11.9. The van der Waals surface area contributed by atoms with Crippen molar-refractivity contribution < 1.29 is 0 Å². The SMILES string of the molecule is CC(C)(C)c1cc2ccc3c(/C(N)=C/C=C4/C=CC=CC4)cc(-c4ccc5ccccc5n4)c4ccc(c1)c2c34. The lowest BCUT2D eigenvalue weighted by Crippen LogP contribution is -2.10. The van der Waals surface area contributed by atoms with Crippen molar-refractivity contribution in [2.24, 2.45) is 5.73 Å². The van der Waals surface area contributed by atoms with Crippen LogP contribution in [0.4, 0.5) is 0 Å². The third kappa shape index (κ3) is 4.08. The van der Waals surface area contributed by atoms with Gasteiger partial charge in [-0.05, 0) is 79.6 Å². The summed E-state index contributed by atoms with van der Waals surface area (Å²) in [6, 6.07) is 28.6. The molecule has 2 nitrogen and oxygen atoms in total. The monoisotopic (exact) mass is 516 g/mol. The molecule has 2 heteroatoms. The number of hydrogen-bond acceptors (Lipinski definition) is 2. The molecule has 1 aliphatic carbocycles. The summed E-state index contributed by atoms with van der Waals surface area (Å²) in [6.07, 6.45) is 13.6. The number of aromatic nitrogens is 1. The first-order valence-corrected chi connectivity index (χ1v) is 14.0. The summed E-state index contributed by atoms with van der Waals surface area (Å²) in [6.45, 7) is 6.83. The Bertz CT molecular complexity index is 2040. The van der Waals surface area contributed by atoms with E-state index in [0.29, 0.717) is 0 Å². The summed E-state index contributed by atoms with van der Waals surface area (Å²) in [7, 11) is 0. The zero-order chi connectivity index (χ0) is 27.4. The van der Waals surface area contributed by atoms with Gasteiger partial charge in [0.2, 0.25) is 0 Å². The van der Waals surface area contributed by atoms with Crippen LogP contribution in [-0.4, -0.2) is 4.98 Å². The molecule has 0 atom stereocenters. The van der Waals surface area contributed by atoms with E-state index < -0.39 is 0 Å². The molecule has 0 saturated carbocycles. The van der Waals surface area contributed by atoms with Crippen LogP contribution in [-0.2, 0) is 5.41 Å². The molecule has 0 bridgehead atoms. The van der Waals surface area contributed by atoms with Gasteiger partial charge in [0, 0.05) is 22.2 Å². The number of fused-ring (bicyclic) bond motifs is 1. The first-order chi connectivity index (χ1) is 19.4. The van der Waals surface area contributed by atoms with Crippen molar-refractivity contribution in [2.45, 2.75) is 32.6 Å². The van der Waals surface area contributed by atoms with Crippen molar-refractivity contribution in [2.75, 3.05) is 0 Å². The van der Waals surface area contributed by atoms with E-state index >= 15 is 0 Å². The molecular weight excluding hydrogens is 484 g/mol. The van der Waals surface area contributed by atoms with Gasteiger partial charge in [-0.25, -0.2) is 4.98 Å². The highest BCUT2D eigenvalue weighted by atomic mass is 14.7. The fraction of sp³-hybridized carbons (Fsp3) is 0.132. The predicted molar refractivity (Wildman–Crippen MR) is 173 cm³/mol. The lowest BCUT2D eigenvalue weighted by Gasteiger charge is -2.22. The molecule has 6 aromatic rings. The van der Waals surface area contributed by atoms with Crippen molar-refractivity contribution in [1.82, 2.24) is 4.98 Å². The number of pyridine rings is 1. The van der Waals surface area contributed by atoms with Gasteiger partial charge in [-0.1, -0.05) is 112 Å². The quantitative estimate of drug-likeness (QED) is 0.238. The average Bonchev–Trinajstić information content (AvgIpc) is 2.98. The number of benzene rings is 5. The predicted octanol–water partition coefficient (Wildman–Crippen LogP) is 9.84.